The molecule has 0 aliphatic carbocycles. The first-order valence-corrected chi connectivity index (χ1v) is 17.0. The molecule has 0 radical (unpaired) electrons. The molecule has 6 heteroatoms. The lowest BCUT2D eigenvalue weighted by Crippen LogP contribution is -1.96. The number of benzene rings is 6. The molecule has 0 unspecified atom stereocenters. The van der Waals surface area contributed by atoms with Gasteiger partial charge in [0, 0.05) is 54.3 Å². The summed E-state index contributed by atoms with van der Waals surface area (Å²) in [5, 5.41) is 8.78. The fourth-order valence-corrected chi connectivity index (χ4v) is 10.1. The summed E-state index contributed by atoms with van der Waals surface area (Å²) in [7, 11) is 0. The van der Waals surface area contributed by atoms with Crippen molar-refractivity contribution >= 4 is 107 Å². The summed E-state index contributed by atoms with van der Waals surface area (Å²) in [6.07, 6.45) is 3.66. The number of rotatable bonds is 2. The molecule has 0 saturated heterocycles. The molecular weight excluding hydrogens is 601 g/mol. The predicted octanol–water partition coefficient (Wildman–Crippen LogP) is 11.4. The summed E-state index contributed by atoms with van der Waals surface area (Å²) in [6, 6.07) is 44.1. The molecule has 5 heterocycles. The minimum Gasteiger partial charge on any atom is -0.308 e. The molecular formula is C40H22N4S2. The van der Waals surface area contributed by atoms with Gasteiger partial charge < -0.3 is 9.13 Å². The van der Waals surface area contributed by atoms with Crippen LogP contribution in [0, 0.1) is 0 Å². The summed E-state index contributed by atoms with van der Waals surface area (Å²) in [4.78, 5) is 9.38. The SMILES string of the molecule is c1ccc(-n2c3ccccc3c3c2c2sc4cncnc4c2c2c4ccccc4n(-c4cccc5c4sc4ccccc45)c23)cc1. The van der Waals surface area contributed by atoms with Crippen LogP contribution in [0.4, 0.5) is 0 Å². The molecule has 0 N–H and O–H groups in total. The molecule has 0 saturated carbocycles. The number of hydrogen-bond donors (Lipinski definition) is 0. The first-order valence-electron chi connectivity index (χ1n) is 15.3. The van der Waals surface area contributed by atoms with E-state index in [-0.39, 0.29) is 0 Å². The molecule has 6 aromatic carbocycles. The summed E-state index contributed by atoms with van der Waals surface area (Å²) in [5.41, 5.74) is 8.18. The average Bonchev–Trinajstić information content (AvgIpc) is 3.86. The van der Waals surface area contributed by atoms with Crippen LogP contribution >= 0.6 is 22.7 Å². The molecule has 0 spiro atoms. The Labute approximate surface area is 270 Å². The van der Waals surface area contributed by atoms with Crippen LogP contribution in [0.1, 0.15) is 0 Å². The van der Waals surface area contributed by atoms with E-state index in [4.69, 9.17) is 4.98 Å². The van der Waals surface area contributed by atoms with Gasteiger partial charge in [0.15, 0.2) is 0 Å². The van der Waals surface area contributed by atoms with Gasteiger partial charge in [-0.2, -0.15) is 0 Å². The van der Waals surface area contributed by atoms with E-state index in [1.165, 1.54) is 79.6 Å². The Bertz CT molecular complexity index is 3030. The molecule has 11 aromatic rings. The van der Waals surface area contributed by atoms with Crippen molar-refractivity contribution < 1.29 is 0 Å². The van der Waals surface area contributed by atoms with Crippen LogP contribution in [0.25, 0.3) is 95.5 Å². The molecule has 0 fully saturated rings. The van der Waals surface area contributed by atoms with Gasteiger partial charge in [0.1, 0.15) is 6.33 Å². The zero-order valence-corrected chi connectivity index (χ0v) is 25.9. The molecule has 5 aromatic heterocycles. The molecule has 0 bridgehead atoms. The van der Waals surface area contributed by atoms with Gasteiger partial charge in [0.25, 0.3) is 0 Å². The van der Waals surface area contributed by atoms with Gasteiger partial charge in [-0.3, -0.25) is 0 Å². The lowest BCUT2D eigenvalue weighted by atomic mass is 10.0. The largest absolute Gasteiger partial charge is 0.308 e. The third kappa shape index (κ3) is 3.07. The minimum atomic E-state index is 1.01. The van der Waals surface area contributed by atoms with E-state index in [0.717, 1.165) is 15.9 Å². The lowest BCUT2D eigenvalue weighted by molar-refractivity contribution is 1.19. The topological polar surface area (TPSA) is 35.6 Å². The Kier molecular flexibility index (Phi) is 4.84. The molecule has 11 rings (SSSR count). The average molecular weight is 623 g/mol. The first kappa shape index (κ1) is 24.7. The maximum Gasteiger partial charge on any atom is 0.116 e. The molecule has 4 nitrogen and oxygen atoms in total. The van der Waals surface area contributed by atoms with E-state index in [1.54, 1.807) is 17.7 Å². The molecule has 0 aliphatic rings. The number of aromatic nitrogens is 4. The summed E-state index contributed by atoms with van der Waals surface area (Å²) in [5.74, 6) is 0. The Balaban J connectivity index is 1.49. The summed E-state index contributed by atoms with van der Waals surface area (Å²) in [6.45, 7) is 0. The van der Waals surface area contributed by atoms with Crippen LogP contribution in [-0.2, 0) is 0 Å². The number of para-hydroxylation sites is 3. The highest BCUT2D eigenvalue weighted by Gasteiger charge is 2.27. The van der Waals surface area contributed by atoms with Gasteiger partial charge in [0.2, 0.25) is 0 Å². The van der Waals surface area contributed by atoms with E-state index in [0.29, 0.717) is 0 Å². The van der Waals surface area contributed by atoms with Gasteiger partial charge in [-0.15, -0.1) is 22.7 Å². The fourth-order valence-electron chi connectivity index (χ4n) is 7.67. The predicted molar refractivity (Wildman–Crippen MR) is 196 cm³/mol. The number of thiophene rings is 2. The normalized spacial score (nSPS) is 12.3. The van der Waals surface area contributed by atoms with Crippen molar-refractivity contribution in [2.45, 2.75) is 0 Å². The number of hydrogen-bond acceptors (Lipinski definition) is 4. The van der Waals surface area contributed by atoms with Crippen molar-refractivity contribution in [1.82, 2.24) is 19.1 Å². The quantitative estimate of drug-likeness (QED) is 0.192. The highest BCUT2D eigenvalue weighted by atomic mass is 32.1. The Morgan fingerprint density at radius 1 is 0.478 bits per heavy atom. The molecule has 214 valence electrons. The first-order chi connectivity index (χ1) is 22.9. The Morgan fingerprint density at radius 2 is 1.15 bits per heavy atom. The lowest BCUT2D eigenvalue weighted by Gasteiger charge is -2.12. The van der Waals surface area contributed by atoms with Crippen molar-refractivity contribution in [3.8, 4) is 11.4 Å². The minimum absolute atomic E-state index is 1.01. The second-order valence-corrected chi connectivity index (χ2v) is 13.9. The van der Waals surface area contributed by atoms with Crippen LogP contribution in [0.2, 0.25) is 0 Å². The van der Waals surface area contributed by atoms with Gasteiger partial charge in [-0.1, -0.05) is 84.9 Å². The van der Waals surface area contributed by atoms with Crippen LogP contribution in [0.15, 0.2) is 134 Å². The van der Waals surface area contributed by atoms with E-state index < -0.39 is 0 Å². The van der Waals surface area contributed by atoms with Crippen molar-refractivity contribution in [3.05, 3.63) is 134 Å². The van der Waals surface area contributed by atoms with E-state index in [1.807, 2.05) is 17.5 Å². The second-order valence-electron chi connectivity index (χ2n) is 11.8. The Morgan fingerprint density at radius 3 is 2.00 bits per heavy atom. The second kappa shape index (κ2) is 9.01. The number of nitrogens with zero attached hydrogens (tertiary/aromatic N) is 4. The van der Waals surface area contributed by atoms with Crippen LogP contribution < -0.4 is 0 Å². The summed E-state index contributed by atoms with van der Waals surface area (Å²) >= 11 is 3.67. The van der Waals surface area contributed by atoms with Gasteiger partial charge in [0.05, 0.1) is 47.4 Å². The molecule has 0 amide bonds. The monoisotopic (exact) mass is 622 g/mol. The summed E-state index contributed by atoms with van der Waals surface area (Å²) < 4.78 is 9.93. The van der Waals surface area contributed by atoms with Crippen LogP contribution in [0.5, 0.6) is 0 Å². The maximum atomic E-state index is 4.93. The van der Waals surface area contributed by atoms with E-state index in [9.17, 15) is 0 Å². The zero-order chi connectivity index (χ0) is 29.9. The third-order valence-corrected chi connectivity index (χ3v) is 11.8. The molecule has 46 heavy (non-hydrogen) atoms. The van der Waals surface area contributed by atoms with Gasteiger partial charge in [-0.25, -0.2) is 9.97 Å². The van der Waals surface area contributed by atoms with E-state index in [2.05, 4.69) is 135 Å². The molecule has 0 aliphatic heterocycles. The van der Waals surface area contributed by atoms with Crippen LogP contribution in [0.3, 0.4) is 0 Å². The van der Waals surface area contributed by atoms with Crippen molar-refractivity contribution in [3.63, 3.8) is 0 Å². The highest BCUT2D eigenvalue weighted by Crippen LogP contribution is 2.51. The molecule has 0 atom stereocenters. The maximum absolute atomic E-state index is 4.93. The third-order valence-electron chi connectivity index (χ3n) is 9.44. The number of fused-ring (bicyclic) bond motifs is 15. The van der Waals surface area contributed by atoms with Crippen molar-refractivity contribution in [2.75, 3.05) is 0 Å². The standard InChI is InChI=1S/C40H22N4S2/c1-2-11-23(12-3-1)43-28-17-7-5-15-27(28)34-37-33(35-36-32(21-41-22-42-36)46-40(35)38(34)43)26-14-4-8-18-29(26)44(37)30-19-10-16-25-24-13-6-9-20-31(24)45-39(25)30/h1-22H. The van der Waals surface area contributed by atoms with Gasteiger partial charge in [-0.05, 0) is 36.4 Å². The zero-order valence-electron chi connectivity index (χ0n) is 24.3. The van der Waals surface area contributed by atoms with Crippen molar-refractivity contribution in [2.24, 2.45) is 0 Å². The Hall–Kier alpha value is -5.56. The van der Waals surface area contributed by atoms with Crippen LogP contribution in [-0.4, -0.2) is 19.1 Å². The highest BCUT2D eigenvalue weighted by molar-refractivity contribution is 7.27. The van der Waals surface area contributed by atoms with Crippen molar-refractivity contribution in [1.29, 1.82) is 0 Å². The van der Waals surface area contributed by atoms with Gasteiger partial charge >= 0.3 is 0 Å². The fraction of sp³-hybridized carbons (Fsp3) is 0. The van der Waals surface area contributed by atoms with E-state index >= 15 is 0 Å². The smallest absolute Gasteiger partial charge is 0.116 e.